The number of halogens is 1. The number of rotatable bonds is 14. The molecule has 3 amide bonds. The number of fused-ring (bicyclic) bond motifs is 3. The van der Waals surface area contributed by atoms with Crippen molar-refractivity contribution in [3.8, 4) is 32.4 Å². The van der Waals surface area contributed by atoms with Gasteiger partial charge in [-0.25, -0.2) is 9.97 Å². The van der Waals surface area contributed by atoms with Gasteiger partial charge in [-0.3, -0.25) is 28.6 Å². The lowest BCUT2D eigenvalue weighted by Crippen LogP contribution is -2.49. The van der Waals surface area contributed by atoms with Gasteiger partial charge in [0.15, 0.2) is 5.82 Å². The maximum absolute atomic E-state index is 14.5. The molecule has 0 unspecified atom stereocenters. The Labute approximate surface area is 425 Å². The third-order valence-corrected chi connectivity index (χ3v) is 16.3. The predicted octanol–water partition coefficient (Wildman–Crippen LogP) is 9.36. The van der Waals surface area contributed by atoms with E-state index >= 15 is 0 Å². The highest BCUT2D eigenvalue weighted by Crippen LogP contribution is 2.40. The number of hydrogen-bond acceptors (Lipinski definition) is 12. The summed E-state index contributed by atoms with van der Waals surface area (Å²) >= 11 is 9.57. The second kappa shape index (κ2) is 19.9. The van der Waals surface area contributed by atoms with Crippen LogP contribution in [0.25, 0.3) is 26.6 Å². The first-order valence-electron chi connectivity index (χ1n) is 24.1. The summed E-state index contributed by atoms with van der Waals surface area (Å²) in [5, 5.41) is 21.6. The fourth-order valence-corrected chi connectivity index (χ4v) is 12.1. The Morgan fingerprint density at radius 3 is 2.41 bits per heavy atom. The predicted molar refractivity (Wildman–Crippen MR) is 276 cm³/mol. The van der Waals surface area contributed by atoms with Crippen LogP contribution in [0.15, 0.2) is 89.8 Å². The van der Waals surface area contributed by atoms with E-state index in [-0.39, 0.29) is 48.1 Å². The van der Waals surface area contributed by atoms with Gasteiger partial charge < -0.3 is 20.3 Å². The number of thiophene rings is 1. The van der Waals surface area contributed by atoms with Gasteiger partial charge in [0.2, 0.25) is 23.6 Å². The van der Waals surface area contributed by atoms with E-state index in [0.717, 1.165) is 66.1 Å². The second-order valence-corrected chi connectivity index (χ2v) is 21.9. The molecule has 0 bridgehead atoms. The maximum atomic E-state index is 14.5. The highest BCUT2D eigenvalue weighted by molar-refractivity contribution is 7.15. The van der Waals surface area contributed by atoms with Gasteiger partial charge in [0.1, 0.15) is 35.1 Å². The molecule has 5 aromatic heterocycles. The van der Waals surface area contributed by atoms with Crippen molar-refractivity contribution in [2.45, 2.75) is 111 Å². The Morgan fingerprint density at radius 2 is 1.68 bits per heavy atom. The Bertz CT molecular complexity index is 3150. The number of benzene rings is 2. The van der Waals surface area contributed by atoms with E-state index in [2.05, 4.69) is 63.7 Å². The fraction of sp³-hybridized carbons (Fsp3) is 0.377. The van der Waals surface area contributed by atoms with Crippen LogP contribution in [-0.4, -0.2) is 87.6 Å². The lowest BCUT2D eigenvalue weighted by molar-refractivity contribution is -0.142. The summed E-state index contributed by atoms with van der Waals surface area (Å²) in [4.78, 5) is 60.1. The van der Waals surface area contributed by atoms with Crippen molar-refractivity contribution in [3.05, 3.63) is 134 Å². The van der Waals surface area contributed by atoms with Crippen LogP contribution >= 0.6 is 34.3 Å². The number of hydrogen-bond donors (Lipinski definition) is 2. The molecule has 7 aromatic rings. The van der Waals surface area contributed by atoms with Gasteiger partial charge >= 0.3 is 0 Å². The Balaban J connectivity index is 0.757. The highest BCUT2D eigenvalue weighted by atomic mass is 35.5. The van der Waals surface area contributed by atoms with Gasteiger partial charge in [-0.05, 0) is 86.4 Å². The molecule has 1 aliphatic carbocycles. The molecule has 10 rings (SSSR count). The van der Waals surface area contributed by atoms with E-state index in [0.29, 0.717) is 49.1 Å². The summed E-state index contributed by atoms with van der Waals surface area (Å²) in [7, 11) is 0. The molecule has 4 atom stereocenters. The van der Waals surface area contributed by atoms with Gasteiger partial charge in [0.25, 0.3) is 0 Å². The van der Waals surface area contributed by atoms with E-state index < -0.39 is 18.1 Å². The van der Waals surface area contributed by atoms with Crippen LogP contribution in [0.5, 0.6) is 5.88 Å². The topological polar surface area (TPSA) is 174 Å². The van der Waals surface area contributed by atoms with Crippen LogP contribution < -0.4 is 15.4 Å². The number of nitrogens with zero attached hydrogens (tertiary/aromatic N) is 9. The van der Waals surface area contributed by atoms with E-state index in [9.17, 15) is 14.4 Å². The molecule has 2 aliphatic heterocycles. The highest BCUT2D eigenvalue weighted by Gasteiger charge is 2.42. The normalized spacial score (nSPS) is 19.9. The number of thiazole rings is 1. The number of aliphatic imine (C=N–C) groups is 1. The van der Waals surface area contributed by atoms with E-state index in [4.69, 9.17) is 26.4 Å². The van der Waals surface area contributed by atoms with Crippen molar-refractivity contribution >= 4 is 57.7 Å². The molecule has 71 heavy (non-hydrogen) atoms. The maximum Gasteiger partial charge on any atom is 0.248 e. The standard InChI is InChI=1S/C53H56ClN11O4S2/c1-28(2)48(52(68)63-25-29(3)18-43(63)51(67)56-23-34-8-10-36(11-9-34)49-31(5)57-27-70-49)64-26-38(24-58-64)37-16-17-55-45(19-37)69-41-20-40(21-41)59-44(66)22-42-50-62-61-33(7)65(50)53-46(30(4)32(6)71-53)47(60-42)35-12-14-39(54)15-13-35/h8-17,19,24,26-29,40-43,48H,18,20-23,25H2,1-7H3,(H,56,67)(H,59,66)/t29-,40-,41-,42+,43+,48-/m1/s1. The van der Waals surface area contributed by atoms with Crippen molar-refractivity contribution in [1.82, 2.24) is 50.0 Å². The zero-order valence-electron chi connectivity index (χ0n) is 40.7. The van der Waals surface area contributed by atoms with Crippen LogP contribution in [-0.2, 0) is 20.9 Å². The lowest BCUT2D eigenvalue weighted by atomic mass is 9.89. The zero-order valence-corrected chi connectivity index (χ0v) is 43.1. The first kappa shape index (κ1) is 48.1. The summed E-state index contributed by atoms with van der Waals surface area (Å²) in [6.45, 7) is 15.1. The molecule has 2 aromatic carbocycles. The number of likely N-dealkylation sites (tertiary alicyclic amines) is 1. The third kappa shape index (κ3) is 9.79. The first-order chi connectivity index (χ1) is 34.2. The lowest BCUT2D eigenvalue weighted by Gasteiger charge is -2.35. The van der Waals surface area contributed by atoms with E-state index in [1.54, 1.807) is 44.6 Å². The van der Waals surface area contributed by atoms with E-state index in [1.165, 1.54) is 4.88 Å². The largest absolute Gasteiger partial charge is 0.474 e. The quantitative estimate of drug-likeness (QED) is 0.108. The Morgan fingerprint density at radius 1 is 0.915 bits per heavy atom. The number of aryl methyl sites for hydroxylation is 3. The molecular weight excluding hydrogens is 954 g/mol. The SMILES string of the molecule is Cc1ncsc1-c1ccc(CNC(=O)[C@@H]2C[C@@H](C)CN2C(=O)[C@@H](C(C)C)n2cc(-c3ccnc(O[C@H]4C[C@H](NC(=O)C[C@@H]5N=C(c6ccc(Cl)cc6)c6c(sc(C)c6C)-n6c(C)nnc65)C4)c3)cn2)cc1. The number of pyridine rings is 1. The van der Waals surface area contributed by atoms with Crippen molar-refractivity contribution in [2.75, 3.05) is 6.54 Å². The molecule has 7 heterocycles. The van der Waals surface area contributed by atoms with Crippen LogP contribution in [0.3, 0.4) is 0 Å². The van der Waals surface area contributed by atoms with Gasteiger partial charge in [-0.15, -0.1) is 32.9 Å². The van der Waals surface area contributed by atoms with Gasteiger partial charge in [-0.1, -0.05) is 68.8 Å². The first-order valence-corrected chi connectivity index (χ1v) is 26.2. The monoisotopic (exact) mass is 1010 g/mol. The minimum absolute atomic E-state index is 0.0723. The third-order valence-electron chi connectivity index (χ3n) is 13.8. The number of carbonyl (C=O) groups excluding carboxylic acids is 3. The molecular formula is C53H56ClN11O4S2. The zero-order chi connectivity index (χ0) is 49.7. The fourth-order valence-electron chi connectivity index (χ4n) is 9.91. The average Bonchev–Trinajstić information content (AvgIpc) is 4.19. The molecule has 366 valence electrons. The van der Waals surface area contributed by atoms with Gasteiger partial charge in [0, 0.05) is 77.0 Å². The minimum Gasteiger partial charge on any atom is -0.474 e. The van der Waals surface area contributed by atoms with Crippen molar-refractivity contribution in [3.63, 3.8) is 0 Å². The molecule has 1 saturated carbocycles. The molecule has 2 fully saturated rings. The summed E-state index contributed by atoms with van der Waals surface area (Å²) in [6, 6.07) is 17.7. The molecule has 1 saturated heterocycles. The van der Waals surface area contributed by atoms with Crippen LogP contribution in [0.4, 0.5) is 0 Å². The summed E-state index contributed by atoms with van der Waals surface area (Å²) in [5.74, 6) is 1.49. The molecule has 0 radical (unpaired) electrons. The van der Waals surface area contributed by atoms with Crippen LogP contribution in [0.2, 0.25) is 5.02 Å². The van der Waals surface area contributed by atoms with E-state index in [1.807, 2.05) is 92.5 Å². The molecule has 2 N–H and O–H groups in total. The smallest absolute Gasteiger partial charge is 0.248 e. The number of aromatic nitrogens is 7. The van der Waals surface area contributed by atoms with Gasteiger partial charge in [-0.2, -0.15) is 5.10 Å². The van der Waals surface area contributed by atoms with Crippen molar-refractivity contribution in [2.24, 2.45) is 16.8 Å². The second-order valence-electron chi connectivity index (χ2n) is 19.4. The Kier molecular flexibility index (Phi) is 13.5. The van der Waals surface area contributed by atoms with Crippen molar-refractivity contribution in [1.29, 1.82) is 0 Å². The molecule has 0 spiro atoms. The molecule has 3 aliphatic rings. The molecule has 18 heteroatoms. The minimum atomic E-state index is -0.615. The summed E-state index contributed by atoms with van der Waals surface area (Å²) in [5.41, 5.74) is 10.4. The average molecular weight is 1010 g/mol. The summed E-state index contributed by atoms with van der Waals surface area (Å²) < 4.78 is 10.1. The van der Waals surface area contributed by atoms with Gasteiger partial charge in [0.05, 0.1) is 34.4 Å². The van der Waals surface area contributed by atoms with Crippen LogP contribution in [0.1, 0.15) is 103 Å². The van der Waals surface area contributed by atoms with Crippen molar-refractivity contribution < 1.29 is 19.1 Å². The number of nitrogens with one attached hydrogen (secondary N) is 2. The summed E-state index contributed by atoms with van der Waals surface area (Å²) in [6.07, 6.45) is 7.12. The molecule has 15 nitrogen and oxygen atoms in total. The number of carbonyl (C=O) groups is 3. The Hall–Kier alpha value is -6.56. The number of amides is 3. The number of ether oxygens (including phenoxy) is 1. The van der Waals surface area contributed by atoms with Crippen LogP contribution in [0, 0.1) is 39.5 Å².